The predicted octanol–water partition coefficient (Wildman–Crippen LogP) is 4.56. The molecule has 0 aromatic heterocycles. The summed E-state index contributed by atoms with van der Waals surface area (Å²) >= 11 is 11.7. The minimum Gasteiger partial charge on any atom is -0.484 e. The SMILES string of the molecule is Cc1cc(Cl)ccc1OCC(=O)N[C@H](C)c1ccc(Cl)cc1. The van der Waals surface area contributed by atoms with Gasteiger partial charge in [0.1, 0.15) is 5.75 Å². The highest BCUT2D eigenvalue weighted by Gasteiger charge is 2.10. The van der Waals surface area contributed by atoms with E-state index >= 15 is 0 Å². The quantitative estimate of drug-likeness (QED) is 0.868. The Morgan fingerprint density at radius 1 is 1.14 bits per heavy atom. The van der Waals surface area contributed by atoms with Crippen molar-refractivity contribution in [1.82, 2.24) is 5.32 Å². The zero-order chi connectivity index (χ0) is 16.1. The Labute approximate surface area is 140 Å². The van der Waals surface area contributed by atoms with Crippen LogP contribution in [0.3, 0.4) is 0 Å². The molecule has 0 fully saturated rings. The summed E-state index contributed by atoms with van der Waals surface area (Å²) in [6, 6.07) is 12.5. The second-order valence-electron chi connectivity index (χ2n) is 5.04. The van der Waals surface area contributed by atoms with Gasteiger partial charge in [0.25, 0.3) is 5.91 Å². The Morgan fingerprint density at radius 2 is 1.77 bits per heavy atom. The van der Waals surface area contributed by atoms with Gasteiger partial charge in [0.2, 0.25) is 0 Å². The van der Waals surface area contributed by atoms with Crippen LogP contribution in [0.15, 0.2) is 42.5 Å². The molecule has 2 aromatic carbocycles. The average molecular weight is 338 g/mol. The molecule has 5 heteroatoms. The van der Waals surface area contributed by atoms with Crippen LogP contribution in [0.4, 0.5) is 0 Å². The van der Waals surface area contributed by atoms with Crippen LogP contribution >= 0.6 is 23.2 Å². The summed E-state index contributed by atoms with van der Waals surface area (Å²) in [5, 5.41) is 4.20. The summed E-state index contributed by atoms with van der Waals surface area (Å²) in [4.78, 5) is 12.0. The number of halogens is 2. The Kier molecular flexibility index (Phi) is 5.69. The van der Waals surface area contributed by atoms with Crippen molar-refractivity contribution in [2.45, 2.75) is 19.9 Å². The summed E-state index contributed by atoms with van der Waals surface area (Å²) < 4.78 is 5.52. The van der Waals surface area contributed by atoms with Crippen molar-refractivity contribution in [2.24, 2.45) is 0 Å². The smallest absolute Gasteiger partial charge is 0.258 e. The van der Waals surface area contributed by atoms with Crippen LogP contribution in [0.2, 0.25) is 10.0 Å². The van der Waals surface area contributed by atoms with Crippen molar-refractivity contribution in [2.75, 3.05) is 6.61 Å². The lowest BCUT2D eigenvalue weighted by molar-refractivity contribution is -0.123. The highest BCUT2D eigenvalue weighted by molar-refractivity contribution is 6.30. The molecule has 0 radical (unpaired) electrons. The minimum atomic E-state index is -0.184. The van der Waals surface area contributed by atoms with E-state index in [4.69, 9.17) is 27.9 Å². The monoisotopic (exact) mass is 337 g/mol. The largest absolute Gasteiger partial charge is 0.484 e. The van der Waals surface area contributed by atoms with E-state index in [1.807, 2.05) is 26.0 Å². The molecule has 0 saturated carbocycles. The molecule has 3 nitrogen and oxygen atoms in total. The molecule has 22 heavy (non-hydrogen) atoms. The van der Waals surface area contributed by atoms with E-state index in [1.54, 1.807) is 30.3 Å². The van der Waals surface area contributed by atoms with Crippen molar-refractivity contribution in [3.63, 3.8) is 0 Å². The van der Waals surface area contributed by atoms with E-state index in [1.165, 1.54) is 0 Å². The van der Waals surface area contributed by atoms with Gasteiger partial charge in [-0.25, -0.2) is 0 Å². The highest BCUT2D eigenvalue weighted by Crippen LogP contribution is 2.21. The molecule has 1 amide bonds. The lowest BCUT2D eigenvalue weighted by Crippen LogP contribution is -2.31. The molecule has 0 spiro atoms. The molecule has 0 saturated heterocycles. The molecule has 0 aliphatic heterocycles. The first-order chi connectivity index (χ1) is 10.5. The van der Waals surface area contributed by atoms with Crippen molar-refractivity contribution >= 4 is 29.1 Å². The maximum atomic E-state index is 12.0. The summed E-state index contributed by atoms with van der Waals surface area (Å²) in [5.74, 6) is 0.468. The van der Waals surface area contributed by atoms with E-state index < -0.39 is 0 Å². The maximum absolute atomic E-state index is 12.0. The number of amides is 1. The molecule has 1 atom stereocenters. The lowest BCUT2D eigenvalue weighted by Gasteiger charge is -2.15. The first-order valence-electron chi connectivity index (χ1n) is 6.89. The molecular weight excluding hydrogens is 321 g/mol. The lowest BCUT2D eigenvalue weighted by atomic mass is 10.1. The molecule has 0 heterocycles. The van der Waals surface area contributed by atoms with Crippen molar-refractivity contribution in [3.8, 4) is 5.75 Å². The number of ether oxygens (including phenoxy) is 1. The fourth-order valence-electron chi connectivity index (χ4n) is 2.04. The topological polar surface area (TPSA) is 38.3 Å². The molecule has 2 aromatic rings. The Morgan fingerprint density at radius 3 is 2.41 bits per heavy atom. The van der Waals surface area contributed by atoms with Gasteiger partial charge in [0.15, 0.2) is 6.61 Å². The zero-order valence-electron chi connectivity index (χ0n) is 12.4. The van der Waals surface area contributed by atoms with Gasteiger partial charge in [-0.05, 0) is 55.3 Å². The van der Waals surface area contributed by atoms with Crippen LogP contribution in [-0.2, 0) is 4.79 Å². The summed E-state index contributed by atoms with van der Waals surface area (Å²) in [6.45, 7) is 3.75. The average Bonchev–Trinajstić information content (AvgIpc) is 2.47. The molecule has 1 N–H and O–H groups in total. The third kappa shape index (κ3) is 4.65. The highest BCUT2D eigenvalue weighted by atomic mass is 35.5. The van der Waals surface area contributed by atoms with Crippen LogP contribution < -0.4 is 10.1 Å². The van der Waals surface area contributed by atoms with Crippen LogP contribution in [0.5, 0.6) is 5.75 Å². The minimum absolute atomic E-state index is 0.0413. The molecule has 0 unspecified atom stereocenters. The Balaban J connectivity index is 1.88. The van der Waals surface area contributed by atoms with Gasteiger partial charge < -0.3 is 10.1 Å². The van der Waals surface area contributed by atoms with Gasteiger partial charge in [0, 0.05) is 10.0 Å². The second kappa shape index (κ2) is 7.52. The van der Waals surface area contributed by atoms with E-state index in [2.05, 4.69) is 5.32 Å². The van der Waals surface area contributed by atoms with Crippen molar-refractivity contribution in [3.05, 3.63) is 63.6 Å². The van der Waals surface area contributed by atoms with E-state index in [0.717, 1.165) is 11.1 Å². The fourth-order valence-corrected chi connectivity index (χ4v) is 2.39. The fraction of sp³-hybridized carbons (Fsp3) is 0.235. The van der Waals surface area contributed by atoms with Crippen molar-refractivity contribution in [1.29, 1.82) is 0 Å². The van der Waals surface area contributed by atoms with E-state index in [-0.39, 0.29) is 18.6 Å². The summed E-state index contributed by atoms with van der Waals surface area (Å²) in [5.41, 5.74) is 1.88. The van der Waals surface area contributed by atoms with Gasteiger partial charge in [-0.2, -0.15) is 0 Å². The zero-order valence-corrected chi connectivity index (χ0v) is 13.9. The van der Waals surface area contributed by atoms with E-state index in [9.17, 15) is 4.79 Å². The summed E-state index contributed by atoms with van der Waals surface area (Å²) in [6.07, 6.45) is 0. The van der Waals surface area contributed by atoms with E-state index in [0.29, 0.717) is 15.8 Å². The number of rotatable bonds is 5. The number of benzene rings is 2. The molecule has 0 bridgehead atoms. The number of nitrogens with one attached hydrogen (secondary N) is 1. The molecule has 0 aliphatic carbocycles. The van der Waals surface area contributed by atoms with Crippen LogP contribution in [0, 0.1) is 6.92 Å². The van der Waals surface area contributed by atoms with Gasteiger partial charge in [0.05, 0.1) is 6.04 Å². The maximum Gasteiger partial charge on any atom is 0.258 e. The molecule has 2 rings (SSSR count). The number of hydrogen-bond donors (Lipinski definition) is 1. The first kappa shape index (κ1) is 16.7. The first-order valence-corrected chi connectivity index (χ1v) is 7.65. The van der Waals surface area contributed by atoms with Crippen molar-refractivity contribution < 1.29 is 9.53 Å². The predicted molar refractivity (Wildman–Crippen MR) is 89.7 cm³/mol. The third-order valence-electron chi connectivity index (χ3n) is 3.24. The van der Waals surface area contributed by atoms with Gasteiger partial charge in [-0.1, -0.05) is 35.3 Å². The van der Waals surface area contributed by atoms with Crippen LogP contribution in [-0.4, -0.2) is 12.5 Å². The Hall–Kier alpha value is -1.71. The van der Waals surface area contributed by atoms with Gasteiger partial charge in [-0.3, -0.25) is 4.79 Å². The normalized spacial score (nSPS) is 11.8. The summed E-state index contributed by atoms with van der Waals surface area (Å²) in [7, 11) is 0. The molecule has 0 aliphatic rings. The van der Waals surface area contributed by atoms with Gasteiger partial charge in [-0.15, -0.1) is 0 Å². The number of aryl methyl sites for hydroxylation is 1. The standard InChI is InChI=1S/C17H17Cl2NO2/c1-11-9-15(19)7-8-16(11)22-10-17(21)20-12(2)13-3-5-14(18)6-4-13/h3-9,12H,10H2,1-2H3,(H,20,21)/t12-/m1/s1. The number of carbonyl (C=O) groups excluding carboxylic acids is 1. The van der Waals surface area contributed by atoms with Gasteiger partial charge >= 0.3 is 0 Å². The van der Waals surface area contributed by atoms with Crippen LogP contribution in [0.1, 0.15) is 24.1 Å². The van der Waals surface area contributed by atoms with Crippen LogP contribution in [0.25, 0.3) is 0 Å². The molecular formula is C17H17Cl2NO2. The molecule has 116 valence electrons. The third-order valence-corrected chi connectivity index (χ3v) is 3.73. The Bertz CT molecular complexity index is 656. The number of hydrogen-bond acceptors (Lipinski definition) is 2. The number of carbonyl (C=O) groups is 1. The second-order valence-corrected chi connectivity index (χ2v) is 5.91.